The van der Waals surface area contributed by atoms with Crippen molar-refractivity contribution in [1.29, 1.82) is 0 Å². The number of benzene rings is 1. The SMILES string of the molecule is Cc1cccc(OCCCC(=O)NC(C)(C)C(=O)O)c1. The largest absolute Gasteiger partial charge is 0.494 e. The Morgan fingerprint density at radius 2 is 2.05 bits per heavy atom. The van der Waals surface area contributed by atoms with Gasteiger partial charge >= 0.3 is 5.97 Å². The first-order chi connectivity index (χ1) is 9.31. The van der Waals surface area contributed by atoms with E-state index in [0.717, 1.165) is 11.3 Å². The van der Waals surface area contributed by atoms with Gasteiger partial charge in [0.25, 0.3) is 0 Å². The fourth-order valence-corrected chi connectivity index (χ4v) is 1.59. The predicted molar refractivity (Wildman–Crippen MR) is 75.8 cm³/mol. The van der Waals surface area contributed by atoms with Crippen LogP contribution in [0.1, 0.15) is 32.3 Å². The summed E-state index contributed by atoms with van der Waals surface area (Å²) in [5.74, 6) is -0.566. The highest BCUT2D eigenvalue weighted by molar-refractivity contribution is 5.86. The minimum absolute atomic E-state index is 0.239. The molecule has 0 fully saturated rings. The van der Waals surface area contributed by atoms with Gasteiger partial charge in [0.15, 0.2) is 0 Å². The van der Waals surface area contributed by atoms with E-state index < -0.39 is 11.5 Å². The Labute approximate surface area is 118 Å². The van der Waals surface area contributed by atoms with Crippen LogP contribution in [-0.4, -0.2) is 29.1 Å². The van der Waals surface area contributed by atoms with Gasteiger partial charge in [0.05, 0.1) is 6.61 Å². The smallest absolute Gasteiger partial charge is 0.328 e. The van der Waals surface area contributed by atoms with E-state index in [-0.39, 0.29) is 12.3 Å². The van der Waals surface area contributed by atoms with Crippen LogP contribution in [0.15, 0.2) is 24.3 Å². The lowest BCUT2D eigenvalue weighted by atomic mass is 10.1. The number of ether oxygens (including phenoxy) is 1. The number of nitrogens with one attached hydrogen (secondary N) is 1. The number of amides is 1. The molecule has 0 aliphatic heterocycles. The molecule has 0 unspecified atom stereocenters. The third-order valence-electron chi connectivity index (χ3n) is 2.79. The lowest BCUT2D eigenvalue weighted by molar-refractivity contribution is -0.146. The molecule has 5 nitrogen and oxygen atoms in total. The van der Waals surface area contributed by atoms with Crippen LogP contribution in [-0.2, 0) is 9.59 Å². The third kappa shape index (κ3) is 5.30. The Kier molecular flexibility index (Phi) is 5.55. The zero-order chi connectivity index (χ0) is 15.2. The molecule has 1 rings (SSSR count). The fraction of sp³-hybridized carbons (Fsp3) is 0.467. The number of rotatable bonds is 7. The van der Waals surface area contributed by atoms with E-state index in [4.69, 9.17) is 9.84 Å². The quantitative estimate of drug-likeness (QED) is 0.750. The Hall–Kier alpha value is -2.04. The van der Waals surface area contributed by atoms with Crippen molar-refractivity contribution >= 4 is 11.9 Å². The van der Waals surface area contributed by atoms with Crippen LogP contribution < -0.4 is 10.1 Å². The van der Waals surface area contributed by atoms with Crippen LogP contribution in [0.3, 0.4) is 0 Å². The summed E-state index contributed by atoms with van der Waals surface area (Å²) in [6.07, 6.45) is 0.776. The summed E-state index contributed by atoms with van der Waals surface area (Å²) in [6.45, 7) is 5.31. The van der Waals surface area contributed by atoms with Gasteiger partial charge in [-0.2, -0.15) is 0 Å². The van der Waals surface area contributed by atoms with E-state index in [2.05, 4.69) is 5.32 Å². The zero-order valence-electron chi connectivity index (χ0n) is 12.1. The molecule has 20 heavy (non-hydrogen) atoms. The fourth-order valence-electron chi connectivity index (χ4n) is 1.59. The van der Waals surface area contributed by atoms with Crippen LogP contribution in [0.5, 0.6) is 5.75 Å². The highest BCUT2D eigenvalue weighted by Crippen LogP contribution is 2.12. The average Bonchev–Trinajstić information content (AvgIpc) is 2.34. The van der Waals surface area contributed by atoms with Gasteiger partial charge in [0, 0.05) is 6.42 Å². The zero-order valence-corrected chi connectivity index (χ0v) is 12.1. The van der Waals surface area contributed by atoms with Gasteiger partial charge in [-0.3, -0.25) is 4.79 Å². The summed E-state index contributed by atoms with van der Waals surface area (Å²) in [7, 11) is 0. The van der Waals surface area contributed by atoms with Crippen molar-refractivity contribution < 1.29 is 19.4 Å². The molecule has 1 aromatic rings. The summed E-state index contributed by atoms with van der Waals surface area (Å²) in [4.78, 5) is 22.5. The van der Waals surface area contributed by atoms with E-state index >= 15 is 0 Å². The van der Waals surface area contributed by atoms with Crippen molar-refractivity contribution in [3.63, 3.8) is 0 Å². The van der Waals surface area contributed by atoms with Gasteiger partial charge < -0.3 is 15.2 Å². The first kappa shape index (κ1) is 16.0. The van der Waals surface area contributed by atoms with Crippen LogP contribution >= 0.6 is 0 Å². The maximum Gasteiger partial charge on any atom is 0.328 e. The minimum Gasteiger partial charge on any atom is -0.494 e. The van der Waals surface area contributed by atoms with Crippen molar-refractivity contribution in [1.82, 2.24) is 5.32 Å². The number of carbonyl (C=O) groups is 2. The summed E-state index contributed by atoms with van der Waals surface area (Å²) in [5, 5.41) is 11.4. The van der Waals surface area contributed by atoms with Crippen molar-refractivity contribution in [3.05, 3.63) is 29.8 Å². The highest BCUT2D eigenvalue weighted by Gasteiger charge is 2.28. The van der Waals surface area contributed by atoms with E-state index in [1.54, 1.807) is 0 Å². The minimum atomic E-state index is -1.24. The molecule has 5 heteroatoms. The second-order valence-corrected chi connectivity index (χ2v) is 5.25. The number of carbonyl (C=O) groups excluding carboxylic acids is 1. The van der Waals surface area contributed by atoms with Crippen molar-refractivity contribution in [2.45, 2.75) is 39.2 Å². The topological polar surface area (TPSA) is 75.6 Å². The normalized spacial score (nSPS) is 10.9. The monoisotopic (exact) mass is 279 g/mol. The molecule has 0 aliphatic carbocycles. The molecule has 0 aromatic heterocycles. The predicted octanol–water partition coefficient (Wildman–Crippen LogP) is 2.13. The molecule has 2 N–H and O–H groups in total. The molecule has 0 spiro atoms. The van der Waals surface area contributed by atoms with E-state index in [0.29, 0.717) is 13.0 Å². The Bertz CT molecular complexity index is 483. The van der Waals surface area contributed by atoms with Crippen LogP contribution in [0, 0.1) is 6.92 Å². The highest BCUT2D eigenvalue weighted by atomic mass is 16.5. The number of carboxylic acid groups (broad SMARTS) is 1. The lowest BCUT2D eigenvalue weighted by Gasteiger charge is -2.20. The van der Waals surface area contributed by atoms with E-state index in [1.807, 2.05) is 31.2 Å². The van der Waals surface area contributed by atoms with Crippen molar-refractivity contribution in [2.75, 3.05) is 6.61 Å². The van der Waals surface area contributed by atoms with Gasteiger partial charge in [-0.15, -0.1) is 0 Å². The summed E-state index contributed by atoms with van der Waals surface area (Å²) in [5.41, 5.74) is -0.127. The molecular weight excluding hydrogens is 258 g/mol. The van der Waals surface area contributed by atoms with Gasteiger partial charge in [-0.05, 0) is 44.9 Å². The first-order valence-corrected chi connectivity index (χ1v) is 6.55. The van der Waals surface area contributed by atoms with Gasteiger partial charge in [-0.25, -0.2) is 4.79 Å². The number of aryl methyl sites for hydroxylation is 1. The molecule has 0 aliphatic rings. The third-order valence-corrected chi connectivity index (χ3v) is 2.79. The number of hydrogen-bond acceptors (Lipinski definition) is 3. The van der Waals surface area contributed by atoms with Crippen LogP contribution in [0.25, 0.3) is 0 Å². The molecular formula is C15H21NO4. The number of aliphatic carboxylic acids is 1. The van der Waals surface area contributed by atoms with Crippen LogP contribution in [0.2, 0.25) is 0 Å². The Morgan fingerprint density at radius 3 is 2.65 bits per heavy atom. The lowest BCUT2D eigenvalue weighted by Crippen LogP contribution is -2.49. The number of hydrogen-bond donors (Lipinski definition) is 2. The van der Waals surface area contributed by atoms with Crippen molar-refractivity contribution in [3.8, 4) is 5.75 Å². The molecule has 0 atom stereocenters. The standard InChI is InChI=1S/C15H21NO4/c1-11-6-4-7-12(10-11)20-9-5-8-13(17)16-15(2,3)14(18)19/h4,6-7,10H,5,8-9H2,1-3H3,(H,16,17)(H,18,19). The molecule has 1 amide bonds. The Morgan fingerprint density at radius 1 is 1.35 bits per heavy atom. The van der Waals surface area contributed by atoms with E-state index in [9.17, 15) is 9.59 Å². The average molecular weight is 279 g/mol. The van der Waals surface area contributed by atoms with E-state index in [1.165, 1.54) is 13.8 Å². The molecule has 0 heterocycles. The molecule has 0 saturated carbocycles. The Balaban J connectivity index is 2.28. The maximum atomic E-state index is 11.6. The molecule has 0 bridgehead atoms. The molecule has 110 valence electrons. The molecule has 0 saturated heterocycles. The van der Waals surface area contributed by atoms with Crippen LogP contribution in [0.4, 0.5) is 0 Å². The van der Waals surface area contributed by atoms with Crippen molar-refractivity contribution in [2.24, 2.45) is 0 Å². The second kappa shape index (κ2) is 6.93. The second-order valence-electron chi connectivity index (χ2n) is 5.25. The summed E-state index contributed by atoms with van der Waals surface area (Å²) in [6, 6.07) is 7.68. The van der Waals surface area contributed by atoms with Gasteiger partial charge in [-0.1, -0.05) is 12.1 Å². The van der Waals surface area contributed by atoms with Gasteiger partial charge in [0.2, 0.25) is 5.91 Å². The first-order valence-electron chi connectivity index (χ1n) is 6.55. The summed E-state index contributed by atoms with van der Waals surface area (Å²) < 4.78 is 5.52. The molecule has 0 radical (unpaired) electrons. The number of carboxylic acids is 1. The van der Waals surface area contributed by atoms with Gasteiger partial charge in [0.1, 0.15) is 11.3 Å². The summed E-state index contributed by atoms with van der Waals surface area (Å²) >= 11 is 0. The molecule has 1 aromatic carbocycles. The maximum absolute atomic E-state index is 11.6.